The number of carboxylic acid groups (broad SMARTS) is 1. The summed E-state index contributed by atoms with van der Waals surface area (Å²) in [6.07, 6.45) is -3.79. The molecule has 104 valence electrons. The van der Waals surface area contributed by atoms with E-state index in [4.69, 9.17) is 5.11 Å². The van der Waals surface area contributed by atoms with Crippen molar-refractivity contribution in [3.05, 3.63) is 35.4 Å². The summed E-state index contributed by atoms with van der Waals surface area (Å²) in [5.74, 6) is -1.25. The van der Waals surface area contributed by atoms with Gasteiger partial charge >= 0.3 is 12.1 Å². The first-order valence-corrected chi connectivity index (χ1v) is 5.97. The van der Waals surface area contributed by atoms with Crippen molar-refractivity contribution in [1.82, 2.24) is 4.90 Å². The van der Waals surface area contributed by atoms with Crippen LogP contribution in [0.25, 0.3) is 0 Å². The lowest BCUT2D eigenvalue weighted by Crippen LogP contribution is -2.23. The number of nitrogens with zero attached hydrogens (tertiary/aromatic N) is 1. The fourth-order valence-corrected chi connectivity index (χ4v) is 2.28. The molecule has 0 aliphatic carbocycles. The number of hydrogen-bond donors (Lipinski definition) is 1. The number of carboxylic acids is 1. The number of carbonyl (C=O) groups is 1. The minimum Gasteiger partial charge on any atom is -0.481 e. The predicted molar refractivity (Wildman–Crippen MR) is 62.5 cm³/mol. The normalized spacial score (nSPS) is 20.7. The number of rotatable bonds is 3. The van der Waals surface area contributed by atoms with Crippen molar-refractivity contribution in [3.8, 4) is 0 Å². The third-order valence-corrected chi connectivity index (χ3v) is 3.28. The first kappa shape index (κ1) is 13.9. The van der Waals surface area contributed by atoms with Gasteiger partial charge < -0.3 is 5.11 Å². The van der Waals surface area contributed by atoms with Crippen molar-refractivity contribution in [2.45, 2.75) is 19.1 Å². The van der Waals surface area contributed by atoms with E-state index >= 15 is 0 Å². The monoisotopic (exact) mass is 273 g/mol. The van der Waals surface area contributed by atoms with Crippen LogP contribution in [0.1, 0.15) is 17.5 Å². The SMILES string of the molecule is O=C(O)C1CCN(Cc2cccc(C(F)(F)F)c2)C1. The van der Waals surface area contributed by atoms with Gasteiger partial charge in [0.25, 0.3) is 0 Å². The Morgan fingerprint density at radius 1 is 1.42 bits per heavy atom. The lowest BCUT2D eigenvalue weighted by molar-refractivity contribution is -0.141. The van der Waals surface area contributed by atoms with Gasteiger partial charge in [-0.3, -0.25) is 9.69 Å². The molecule has 1 heterocycles. The van der Waals surface area contributed by atoms with Crippen LogP contribution in [0.2, 0.25) is 0 Å². The van der Waals surface area contributed by atoms with Gasteiger partial charge in [-0.25, -0.2) is 0 Å². The molecule has 1 saturated heterocycles. The number of hydrogen-bond acceptors (Lipinski definition) is 2. The standard InChI is InChI=1S/C13H14F3NO2/c14-13(15,16)11-3-1-2-9(6-11)7-17-5-4-10(8-17)12(18)19/h1-3,6,10H,4-5,7-8H2,(H,18,19). The van der Waals surface area contributed by atoms with Crippen molar-refractivity contribution >= 4 is 5.97 Å². The number of likely N-dealkylation sites (tertiary alicyclic amines) is 1. The van der Waals surface area contributed by atoms with Crippen LogP contribution in [0.5, 0.6) is 0 Å². The van der Waals surface area contributed by atoms with Gasteiger partial charge in [-0.2, -0.15) is 13.2 Å². The number of halogens is 3. The summed E-state index contributed by atoms with van der Waals surface area (Å²) in [4.78, 5) is 12.7. The topological polar surface area (TPSA) is 40.5 Å². The molecule has 1 N–H and O–H groups in total. The van der Waals surface area contributed by atoms with E-state index in [0.29, 0.717) is 31.6 Å². The Morgan fingerprint density at radius 3 is 2.74 bits per heavy atom. The predicted octanol–water partition coefficient (Wildman–Crippen LogP) is 2.61. The average molecular weight is 273 g/mol. The van der Waals surface area contributed by atoms with Crippen LogP contribution in [0.3, 0.4) is 0 Å². The Kier molecular flexibility index (Phi) is 3.80. The van der Waals surface area contributed by atoms with Crippen LogP contribution in [-0.2, 0) is 17.5 Å². The van der Waals surface area contributed by atoms with Crippen LogP contribution < -0.4 is 0 Å². The van der Waals surface area contributed by atoms with E-state index < -0.39 is 23.6 Å². The van der Waals surface area contributed by atoms with E-state index in [2.05, 4.69) is 0 Å². The molecule has 1 aromatic rings. The molecule has 1 fully saturated rings. The zero-order valence-electron chi connectivity index (χ0n) is 10.2. The lowest BCUT2D eigenvalue weighted by atomic mass is 10.1. The zero-order chi connectivity index (χ0) is 14.0. The molecule has 0 radical (unpaired) electrons. The Hall–Kier alpha value is -1.56. The van der Waals surface area contributed by atoms with Gasteiger partial charge in [-0.05, 0) is 24.6 Å². The first-order valence-electron chi connectivity index (χ1n) is 5.97. The highest BCUT2D eigenvalue weighted by Crippen LogP contribution is 2.30. The molecule has 1 aliphatic heterocycles. The Morgan fingerprint density at radius 2 is 2.16 bits per heavy atom. The Balaban J connectivity index is 2.03. The fourth-order valence-electron chi connectivity index (χ4n) is 2.28. The summed E-state index contributed by atoms with van der Waals surface area (Å²) >= 11 is 0. The molecule has 1 aromatic carbocycles. The summed E-state index contributed by atoms with van der Waals surface area (Å²) in [7, 11) is 0. The van der Waals surface area contributed by atoms with Crippen LogP contribution in [-0.4, -0.2) is 29.1 Å². The highest BCUT2D eigenvalue weighted by molar-refractivity contribution is 5.70. The molecule has 1 unspecified atom stereocenters. The third-order valence-electron chi connectivity index (χ3n) is 3.28. The second-order valence-corrected chi connectivity index (χ2v) is 4.76. The van der Waals surface area contributed by atoms with Gasteiger partial charge in [0.1, 0.15) is 0 Å². The van der Waals surface area contributed by atoms with Gasteiger partial charge in [-0.1, -0.05) is 18.2 Å². The maximum absolute atomic E-state index is 12.6. The minimum atomic E-state index is -4.34. The highest BCUT2D eigenvalue weighted by atomic mass is 19.4. The first-order chi connectivity index (χ1) is 8.86. The maximum atomic E-state index is 12.6. The van der Waals surface area contributed by atoms with E-state index in [1.807, 2.05) is 4.90 Å². The van der Waals surface area contributed by atoms with Crippen molar-refractivity contribution in [2.24, 2.45) is 5.92 Å². The van der Waals surface area contributed by atoms with Gasteiger partial charge in [0, 0.05) is 13.1 Å². The van der Waals surface area contributed by atoms with Crippen LogP contribution >= 0.6 is 0 Å². The average Bonchev–Trinajstić information content (AvgIpc) is 2.77. The molecule has 0 spiro atoms. The van der Waals surface area contributed by atoms with Gasteiger partial charge in [0.2, 0.25) is 0 Å². The number of benzene rings is 1. The third kappa shape index (κ3) is 3.47. The summed E-state index contributed by atoms with van der Waals surface area (Å²) in [6, 6.07) is 5.16. The number of aliphatic carboxylic acids is 1. The smallest absolute Gasteiger partial charge is 0.416 e. The zero-order valence-corrected chi connectivity index (χ0v) is 10.2. The lowest BCUT2D eigenvalue weighted by Gasteiger charge is -2.16. The van der Waals surface area contributed by atoms with Crippen molar-refractivity contribution in [3.63, 3.8) is 0 Å². The molecule has 0 saturated carbocycles. The van der Waals surface area contributed by atoms with Crippen LogP contribution in [0, 0.1) is 5.92 Å². The van der Waals surface area contributed by atoms with Crippen molar-refractivity contribution < 1.29 is 23.1 Å². The van der Waals surface area contributed by atoms with Gasteiger partial charge in [-0.15, -0.1) is 0 Å². The van der Waals surface area contributed by atoms with Crippen molar-refractivity contribution in [2.75, 3.05) is 13.1 Å². The summed E-state index contributed by atoms with van der Waals surface area (Å²) in [5.41, 5.74) is -0.111. The maximum Gasteiger partial charge on any atom is 0.416 e. The summed E-state index contributed by atoms with van der Waals surface area (Å²) < 4.78 is 37.7. The highest BCUT2D eigenvalue weighted by Gasteiger charge is 2.31. The van der Waals surface area contributed by atoms with E-state index in [-0.39, 0.29) is 0 Å². The van der Waals surface area contributed by atoms with E-state index in [1.165, 1.54) is 6.07 Å². The summed E-state index contributed by atoms with van der Waals surface area (Å²) in [6.45, 7) is 1.35. The molecule has 2 rings (SSSR count). The molecule has 6 heteroatoms. The molecule has 0 aromatic heterocycles. The van der Waals surface area contributed by atoms with E-state index in [1.54, 1.807) is 6.07 Å². The number of alkyl halides is 3. The van der Waals surface area contributed by atoms with Crippen molar-refractivity contribution in [1.29, 1.82) is 0 Å². The Bertz CT molecular complexity index is 473. The quantitative estimate of drug-likeness (QED) is 0.920. The van der Waals surface area contributed by atoms with Crippen LogP contribution in [0.15, 0.2) is 24.3 Å². The molecule has 0 amide bonds. The molecule has 1 aliphatic rings. The van der Waals surface area contributed by atoms with Gasteiger partial charge in [0.15, 0.2) is 0 Å². The molecule has 0 bridgehead atoms. The molecule has 1 atom stereocenters. The Labute approximate surface area is 108 Å². The van der Waals surface area contributed by atoms with E-state index in [0.717, 1.165) is 12.1 Å². The fraction of sp³-hybridized carbons (Fsp3) is 0.462. The second kappa shape index (κ2) is 5.21. The summed E-state index contributed by atoms with van der Waals surface area (Å²) in [5, 5.41) is 8.87. The van der Waals surface area contributed by atoms with Crippen LogP contribution in [0.4, 0.5) is 13.2 Å². The second-order valence-electron chi connectivity index (χ2n) is 4.76. The minimum absolute atomic E-state index is 0.355. The molecular weight excluding hydrogens is 259 g/mol. The van der Waals surface area contributed by atoms with E-state index in [9.17, 15) is 18.0 Å². The largest absolute Gasteiger partial charge is 0.481 e. The molecular formula is C13H14F3NO2. The molecule has 3 nitrogen and oxygen atoms in total. The molecule has 19 heavy (non-hydrogen) atoms. The van der Waals surface area contributed by atoms with Gasteiger partial charge in [0.05, 0.1) is 11.5 Å².